The third-order valence-electron chi connectivity index (χ3n) is 11.0. The fraction of sp³-hybridized carbons (Fsp3) is 0.333. The maximum absolute atomic E-state index is 13.4. The van der Waals surface area contributed by atoms with E-state index in [-0.39, 0.29) is 24.8 Å². The van der Waals surface area contributed by atoms with Crippen LogP contribution >= 0.6 is 0 Å². The summed E-state index contributed by atoms with van der Waals surface area (Å²) in [6.07, 6.45) is 2.39. The van der Waals surface area contributed by atoms with Crippen molar-refractivity contribution in [3.63, 3.8) is 0 Å². The quantitative estimate of drug-likeness (QED) is 0.112. The second kappa shape index (κ2) is 15.4. The molecule has 7 rings (SSSR count). The van der Waals surface area contributed by atoms with Gasteiger partial charge >= 0.3 is 291 Å². The zero-order valence-corrected chi connectivity index (χ0v) is 33.7. The predicted molar refractivity (Wildman–Crippen MR) is 184 cm³/mol. The Bertz CT molecular complexity index is 1780. The van der Waals surface area contributed by atoms with Gasteiger partial charge in [-0.1, -0.05) is 0 Å². The van der Waals surface area contributed by atoms with Gasteiger partial charge in [-0.25, -0.2) is 0 Å². The molecule has 0 bridgehead atoms. The van der Waals surface area contributed by atoms with E-state index >= 15 is 0 Å². The van der Waals surface area contributed by atoms with Crippen molar-refractivity contribution in [2.75, 3.05) is 0 Å². The smallest absolute Gasteiger partial charge is 1.00 e. The molecular formula is C42H40Cl2F6Hf. The molecule has 1 heterocycles. The van der Waals surface area contributed by atoms with Crippen LogP contribution in [0.15, 0.2) is 96.1 Å². The Morgan fingerprint density at radius 1 is 0.549 bits per heavy atom. The number of rotatable bonds is 10. The van der Waals surface area contributed by atoms with Crippen LogP contribution in [-0.2, 0) is 32.3 Å². The molecule has 0 N–H and O–H groups in total. The molecule has 0 spiro atoms. The standard InChI is InChI=1S/2C20H18F3.C2H4.2ClH.Hf/c2*1-2-3-5-14-12-16-6-4-7-18(19(16)13-14)15-8-10-17(11-9-15)20(21,22)23;1-2;;;/h2*4,6-13H,2-3,5H2,1H3;1-2H2;2*1H;/q;;;;;+2/p-2. The average Bonchev–Trinajstić information content (AvgIpc) is 3.62. The first-order valence-electron chi connectivity index (χ1n) is 17.5. The van der Waals surface area contributed by atoms with Crippen molar-refractivity contribution in [3.8, 4) is 22.3 Å². The van der Waals surface area contributed by atoms with Gasteiger partial charge in [0.25, 0.3) is 0 Å². The van der Waals surface area contributed by atoms with Gasteiger partial charge in [-0.2, -0.15) is 0 Å². The van der Waals surface area contributed by atoms with E-state index in [2.05, 4.69) is 50.3 Å². The molecule has 9 heteroatoms. The van der Waals surface area contributed by atoms with Crippen LogP contribution in [0.25, 0.3) is 34.4 Å². The number of allylic oxidation sites excluding steroid dienone is 2. The van der Waals surface area contributed by atoms with Gasteiger partial charge in [-0.3, -0.25) is 0 Å². The number of unbranched alkanes of at least 4 members (excludes halogenated alkanes) is 2. The van der Waals surface area contributed by atoms with Gasteiger partial charge in [0.05, 0.1) is 0 Å². The van der Waals surface area contributed by atoms with Crippen molar-refractivity contribution in [1.82, 2.24) is 0 Å². The topological polar surface area (TPSA) is 0 Å². The molecule has 0 amide bonds. The Labute approximate surface area is 313 Å². The van der Waals surface area contributed by atoms with Gasteiger partial charge in [0.2, 0.25) is 0 Å². The maximum atomic E-state index is 13.4. The number of alkyl halides is 6. The largest absolute Gasteiger partial charge is 1.00 e. The minimum absolute atomic E-state index is 0. The molecular weight excluding hydrogens is 868 g/mol. The van der Waals surface area contributed by atoms with Crippen molar-refractivity contribution in [2.45, 2.75) is 80.4 Å². The molecule has 2 aliphatic carbocycles. The van der Waals surface area contributed by atoms with Crippen LogP contribution < -0.4 is 24.8 Å². The molecule has 268 valence electrons. The molecule has 4 aromatic rings. The number of benzene rings is 4. The van der Waals surface area contributed by atoms with E-state index in [1.807, 2.05) is 12.1 Å². The predicted octanol–water partition coefficient (Wildman–Crippen LogP) is 8.03. The summed E-state index contributed by atoms with van der Waals surface area (Å²) in [5, 5.41) is 0. The summed E-state index contributed by atoms with van der Waals surface area (Å²) < 4.78 is 83.7. The van der Waals surface area contributed by atoms with Crippen LogP contribution in [0.1, 0.15) is 93.1 Å². The minimum atomic E-state index is -4.38. The van der Waals surface area contributed by atoms with Crippen LogP contribution in [0.3, 0.4) is 0 Å². The Hall–Kier alpha value is -2.61. The van der Waals surface area contributed by atoms with E-state index in [0.717, 1.165) is 60.8 Å². The van der Waals surface area contributed by atoms with Gasteiger partial charge in [0.15, 0.2) is 0 Å². The summed E-state index contributed by atoms with van der Waals surface area (Å²) in [6.45, 7) is 4.42. The van der Waals surface area contributed by atoms with Gasteiger partial charge in [-0.05, 0) is 0 Å². The molecule has 51 heavy (non-hydrogen) atoms. The molecule has 3 aliphatic rings. The van der Waals surface area contributed by atoms with Crippen LogP contribution in [-0.4, -0.2) is 0 Å². The molecule has 0 aromatic heterocycles. The summed E-state index contributed by atoms with van der Waals surface area (Å²) in [5.41, 5.74) is 10.3. The Balaban J connectivity index is 0.00000252. The molecule has 1 saturated heterocycles. The molecule has 1 aliphatic heterocycles. The van der Waals surface area contributed by atoms with Gasteiger partial charge < -0.3 is 24.8 Å². The van der Waals surface area contributed by atoms with E-state index < -0.39 is 43.4 Å². The first-order valence-corrected chi connectivity index (χ1v) is 26.7. The summed E-state index contributed by atoms with van der Waals surface area (Å²) in [4.78, 5) is 0. The Kier molecular flexibility index (Phi) is 12.0. The molecule has 0 radical (unpaired) electrons. The van der Waals surface area contributed by atoms with Crippen LogP contribution in [0.5, 0.6) is 0 Å². The number of fused-ring (bicyclic) bond motifs is 2. The van der Waals surface area contributed by atoms with Crippen LogP contribution in [0, 0.1) is 0 Å². The first-order chi connectivity index (χ1) is 23.5. The molecule has 2 atom stereocenters. The van der Waals surface area contributed by atoms with Crippen molar-refractivity contribution < 1.29 is 71.1 Å². The Morgan fingerprint density at radius 3 is 1.24 bits per heavy atom. The summed E-state index contributed by atoms with van der Waals surface area (Å²) in [7, 11) is 0. The monoisotopic (exact) mass is 908 g/mol. The van der Waals surface area contributed by atoms with Gasteiger partial charge in [0.1, 0.15) is 0 Å². The maximum Gasteiger partial charge on any atom is -1.00 e. The number of hydrogen-bond acceptors (Lipinski definition) is 0. The SMILES string of the molecule is CCCCC1=Cc2c(-c3ccc(C(F)(F)F)cc3)cccc2[CH]1[Hf+2]1([CH]2C(CCCC)=Cc3c(-c4ccc(C(F)(F)F)cc4)cccc32)[CH2][CH2]1.[Cl-].[Cl-]. The minimum Gasteiger partial charge on any atom is -1.00 e. The average molecular weight is 908 g/mol. The van der Waals surface area contributed by atoms with Crippen LogP contribution in [0.2, 0.25) is 8.35 Å². The second-order valence-corrected chi connectivity index (χ2v) is 30.6. The van der Waals surface area contributed by atoms with Crippen LogP contribution in [0.4, 0.5) is 26.3 Å². The zero-order chi connectivity index (χ0) is 34.6. The van der Waals surface area contributed by atoms with Crippen molar-refractivity contribution in [1.29, 1.82) is 0 Å². The first kappa shape index (κ1) is 39.6. The third kappa shape index (κ3) is 7.46. The molecule has 4 aromatic carbocycles. The van der Waals surface area contributed by atoms with E-state index in [1.54, 1.807) is 24.3 Å². The zero-order valence-electron chi connectivity index (χ0n) is 28.6. The molecule has 0 saturated carbocycles. The third-order valence-corrected chi connectivity index (χ3v) is 30.1. The Morgan fingerprint density at radius 2 is 0.922 bits per heavy atom. The fourth-order valence-electron chi connectivity index (χ4n) is 8.55. The second-order valence-electron chi connectivity index (χ2n) is 14.0. The normalized spacial score (nSPS) is 18.0. The van der Waals surface area contributed by atoms with E-state index in [9.17, 15) is 26.3 Å². The molecule has 2 unspecified atom stereocenters. The van der Waals surface area contributed by atoms with Crippen molar-refractivity contribution >= 4 is 12.2 Å². The van der Waals surface area contributed by atoms with Gasteiger partial charge in [0, 0.05) is 0 Å². The van der Waals surface area contributed by atoms with E-state index in [1.165, 1.54) is 66.0 Å². The summed E-state index contributed by atoms with van der Waals surface area (Å²) in [5.74, 6) is 0. The number of halogens is 8. The van der Waals surface area contributed by atoms with Gasteiger partial charge in [-0.15, -0.1) is 0 Å². The summed E-state index contributed by atoms with van der Waals surface area (Å²) in [6, 6.07) is 23.9. The van der Waals surface area contributed by atoms with Crippen molar-refractivity contribution in [3.05, 3.63) is 129 Å². The van der Waals surface area contributed by atoms with Crippen molar-refractivity contribution in [2.24, 2.45) is 0 Å². The van der Waals surface area contributed by atoms with E-state index in [4.69, 9.17) is 0 Å². The summed E-state index contributed by atoms with van der Waals surface area (Å²) >= 11 is -3.28. The molecule has 1 fully saturated rings. The molecule has 0 nitrogen and oxygen atoms in total. The fourth-order valence-corrected chi connectivity index (χ4v) is 36.6. The number of hydrogen-bond donors (Lipinski definition) is 0. The van der Waals surface area contributed by atoms with E-state index in [0.29, 0.717) is 7.35 Å².